The smallest absolute Gasteiger partial charge is 0.261 e. The summed E-state index contributed by atoms with van der Waals surface area (Å²) in [6.07, 6.45) is 0. The Bertz CT molecular complexity index is 1540. The van der Waals surface area contributed by atoms with E-state index in [4.69, 9.17) is 11.6 Å². The molecule has 0 radical (unpaired) electrons. The molecule has 0 fully saturated rings. The minimum absolute atomic E-state index is 0.0632. The van der Waals surface area contributed by atoms with Gasteiger partial charge in [0.2, 0.25) is 0 Å². The lowest BCUT2D eigenvalue weighted by Gasteiger charge is -1.96. The normalized spacial score (nSPS) is 12.2. The van der Waals surface area contributed by atoms with Crippen LogP contribution >= 0.6 is 11.6 Å². The number of hydrogen-bond acceptors (Lipinski definition) is 4. The van der Waals surface area contributed by atoms with E-state index in [0.717, 1.165) is 0 Å². The average Bonchev–Trinajstić information content (AvgIpc) is 3.12. The van der Waals surface area contributed by atoms with E-state index in [0.29, 0.717) is 26.8 Å². The Balaban J connectivity index is 2.37. The molecular weight excluding hydrogens is 334 g/mol. The van der Waals surface area contributed by atoms with E-state index < -0.39 is 22.2 Å². The summed E-state index contributed by atoms with van der Waals surface area (Å²) in [5.41, 5.74) is -1.59. The van der Waals surface area contributed by atoms with Crippen molar-refractivity contribution in [2.75, 3.05) is 0 Å². The van der Waals surface area contributed by atoms with Gasteiger partial charge in [0.25, 0.3) is 22.2 Å². The molecule has 7 nitrogen and oxygen atoms in total. The third kappa shape index (κ3) is 1.38. The summed E-state index contributed by atoms with van der Waals surface area (Å²) in [5, 5.41) is 1.50. The Morgan fingerprint density at radius 2 is 1.21 bits per heavy atom. The minimum Gasteiger partial charge on any atom is -0.354 e. The standard InChI is InChI=1S/C16H6ClN3O4/c17-4-1-2-6-5(3-4)7-8-9(14(22)19-13(8)21)10-11(12(7)18-6)16(24)20-15(10)23/h1-3,18H,(H,19,21,22)(H,20,23,24). The van der Waals surface area contributed by atoms with Gasteiger partial charge in [0.05, 0.1) is 27.1 Å². The summed E-state index contributed by atoms with van der Waals surface area (Å²) in [4.78, 5) is 56.3. The maximum atomic E-state index is 12.3. The predicted molar refractivity (Wildman–Crippen MR) is 92.0 cm³/mol. The van der Waals surface area contributed by atoms with Gasteiger partial charge in [-0.3, -0.25) is 29.1 Å². The molecule has 0 aliphatic heterocycles. The first-order valence-corrected chi connectivity index (χ1v) is 7.37. The summed E-state index contributed by atoms with van der Waals surface area (Å²) < 4.78 is 0. The first-order chi connectivity index (χ1) is 11.5. The van der Waals surface area contributed by atoms with E-state index in [9.17, 15) is 19.2 Å². The van der Waals surface area contributed by atoms with Crippen molar-refractivity contribution >= 4 is 55.0 Å². The second-order valence-corrected chi connectivity index (χ2v) is 6.07. The van der Waals surface area contributed by atoms with Crippen molar-refractivity contribution in [3.05, 3.63) is 64.6 Å². The largest absolute Gasteiger partial charge is 0.354 e. The van der Waals surface area contributed by atoms with Gasteiger partial charge < -0.3 is 4.98 Å². The van der Waals surface area contributed by atoms with Crippen molar-refractivity contribution in [2.24, 2.45) is 0 Å². The Morgan fingerprint density at radius 3 is 1.88 bits per heavy atom. The lowest BCUT2D eigenvalue weighted by Crippen LogP contribution is -2.08. The van der Waals surface area contributed by atoms with Crippen molar-refractivity contribution < 1.29 is 0 Å². The Morgan fingerprint density at radius 1 is 0.667 bits per heavy atom. The molecule has 0 aliphatic carbocycles. The van der Waals surface area contributed by atoms with Gasteiger partial charge in [-0.25, -0.2) is 0 Å². The van der Waals surface area contributed by atoms with Gasteiger partial charge in [0.1, 0.15) is 0 Å². The maximum absolute atomic E-state index is 12.3. The van der Waals surface area contributed by atoms with Gasteiger partial charge in [-0.2, -0.15) is 0 Å². The van der Waals surface area contributed by atoms with E-state index in [-0.39, 0.29) is 21.5 Å². The molecule has 5 aromatic rings. The molecule has 0 bridgehead atoms. The zero-order valence-corrected chi connectivity index (χ0v) is 12.5. The highest BCUT2D eigenvalue weighted by Gasteiger charge is 2.23. The van der Waals surface area contributed by atoms with E-state index in [1.807, 2.05) is 0 Å². The molecule has 3 aromatic heterocycles. The molecule has 3 N–H and O–H groups in total. The Labute approximate surface area is 135 Å². The van der Waals surface area contributed by atoms with Gasteiger partial charge in [0.15, 0.2) is 0 Å². The highest BCUT2D eigenvalue weighted by Crippen LogP contribution is 2.35. The molecule has 0 saturated heterocycles. The molecule has 2 aromatic carbocycles. The highest BCUT2D eigenvalue weighted by atomic mass is 35.5. The third-order valence-electron chi connectivity index (χ3n) is 4.37. The van der Waals surface area contributed by atoms with Crippen LogP contribution in [-0.4, -0.2) is 15.0 Å². The van der Waals surface area contributed by atoms with E-state index >= 15 is 0 Å². The number of nitrogens with one attached hydrogen (secondary N) is 3. The van der Waals surface area contributed by atoms with Crippen LogP contribution in [0.5, 0.6) is 0 Å². The lowest BCUT2D eigenvalue weighted by molar-refractivity contribution is 1.26. The van der Waals surface area contributed by atoms with Crippen LogP contribution in [0.3, 0.4) is 0 Å². The average molecular weight is 340 g/mol. The number of halogens is 1. The van der Waals surface area contributed by atoms with Gasteiger partial charge in [-0.05, 0) is 18.2 Å². The maximum Gasteiger partial charge on any atom is 0.261 e. The van der Waals surface area contributed by atoms with E-state index in [2.05, 4.69) is 15.0 Å². The number of aromatic nitrogens is 3. The zero-order valence-electron chi connectivity index (χ0n) is 11.7. The molecule has 116 valence electrons. The second-order valence-electron chi connectivity index (χ2n) is 5.63. The van der Waals surface area contributed by atoms with Crippen LogP contribution in [0.1, 0.15) is 0 Å². The highest BCUT2D eigenvalue weighted by molar-refractivity contribution is 6.34. The fraction of sp³-hybridized carbons (Fsp3) is 0. The molecule has 5 rings (SSSR count). The topological polar surface area (TPSA) is 116 Å². The van der Waals surface area contributed by atoms with Gasteiger partial charge in [0, 0.05) is 21.3 Å². The van der Waals surface area contributed by atoms with Crippen molar-refractivity contribution in [3.8, 4) is 0 Å². The van der Waals surface area contributed by atoms with E-state index in [1.165, 1.54) is 0 Å². The van der Waals surface area contributed by atoms with Crippen molar-refractivity contribution in [1.29, 1.82) is 0 Å². The SMILES string of the molecule is O=c1[nH]c(=O)c2c1c1[nH]c3ccc(Cl)cc3c1c1c(=O)[nH]c(=O)c21. The minimum atomic E-state index is -0.686. The molecule has 0 atom stereocenters. The molecule has 3 heterocycles. The zero-order chi connectivity index (χ0) is 16.7. The molecule has 24 heavy (non-hydrogen) atoms. The number of benzene rings is 2. The summed E-state index contributed by atoms with van der Waals surface area (Å²) in [6, 6.07) is 5.02. The number of H-pyrrole nitrogens is 3. The summed E-state index contributed by atoms with van der Waals surface area (Å²) >= 11 is 6.05. The molecule has 0 amide bonds. The fourth-order valence-corrected chi connectivity index (χ4v) is 3.65. The lowest BCUT2D eigenvalue weighted by atomic mass is 10.0. The second kappa shape index (κ2) is 4.01. The van der Waals surface area contributed by atoms with Crippen LogP contribution < -0.4 is 22.2 Å². The molecule has 0 saturated carbocycles. The van der Waals surface area contributed by atoms with Gasteiger partial charge >= 0.3 is 0 Å². The number of hydrogen-bond donors (Lipinski definition) is 3. The molecule has 0 spiro atoms. The number of fused-ring (bicyclic) bond motifs is 8. The number of rotatable bonds is 0. The van der Waals surface area contributed by atoms with Crippen LogP contribution in [0, 0.1) is 0 Å². The van der Waals surface area contributed by atoms with Crippen LogP contribution in [0.25, 0.3) is 43.4 Å². The third-order valence-corrected chi connectivity index (χ3v) is 4.61. The molecule has 0 unspecified atom stereocenters. The summed E-state index contributed by atoms with van der Waals surface area (Å²) in [7, 11) is 0. The first kappa shape index (κ1) is 13.3. The molecular formula is C16H6ClN3O4. The monoisotopic (exact) mass is 339 g/mol. The van der Waals surface area contributed by atoms with Crippen LogP contribution in [0.4, 0.5) is 0 Å². The first-order valence-electron chi connectivity index (χ1n) is 6.99. The van der Waals surface area contributed by atoms with Crippen molar-refractivity contribution in [1.82, 2.24) is 15.0 Å². The Kier molecular flexibility index (Phi) is 2.22. The fourth-order valence-electron chi connectivity index (χ4n) is 3.48. The van der Waals surface area contributed by atoms with Crippen molar-refractivity contribution in [2.45, 2.75) is 0 Å². The summed E-state index contributed by atoms with van der Waals surface area (Å²) in [5.74, 6) is 0. The quantitative estimate of drug-likeness (QED) is 0.394. The van der Waals surface area contributed by atoms with Gasteiger partial charge in [-0.1, -0.05) is 11.6 Å². The van der Waals surface area contributed by atoms with Crippen LogP contribution in [-0.2, 0) is 0 Å². The van der Waals surface area contributed by atoms with E-state index in [1.54, 1.807) is 18.2 Å². The van der Waals surface area contributed by atoms with Gasteiger partial charge in [-0.15, -0.1) is 0 Å². The molecule has 8 heteroatoms. The van der Waals surface area contributed by atoms with Crippen LogP contribution in [0.2, 0.25) is 5.02 Å². The predicted octanol–water partition coefficient (Wildman–Crippen LogP) is 1.25. The number of aromatic amines is 3. The molecule has 0 aliphatic rings. The Hall–Kier alpha value is -3.19. The summed E-state index contributed by atoms with van der Waals surface area (Å²) in [6.45, 7) is 0. The van der Waals surface area contributed by atoms with Crippen LogP contribution in [0.15, 0.2) is 37.4 Å². The van der Waals surface area contributed by atoms with Crippen molar-refractivity contribution in [3.63, 3.8) is 0 Å².